The molecule has 2 atom stereocenters. The Hall–Kier alpha value is -1.02. The van der Waals surface area contributed by atoms with Gasteiger partial charge in [-0.25, -0.2) is 0 Å². The molecule has 1 N–H and O–H groups in total. The summed E-state index contributed by atoms with van der Waals surface area (Å²) in [7, 11) is 0. The van der Waals surface area contributed by atoms with Crippen LogP contribution in [0, 0.1) is 0 Å². The summed E-state index contributed by atoms with van der Waals surface area (Å²) in [6.45, 7) is 8.60. The number of rotatable bonds is 5. The molecule has 1 aliphatic heterocycles. The molecule has 0 radical (unpaired) electrons. The normalized spacial score (nSPS) is 17.4. The Morgan fingerprint density at radius 2 is 2.18 bits per heavy atom. The summed E-state index contributed by atoms with van der Waals surface area (Å²) in [5.74, 6) is 1.71. The third-order valence-corrected chi connectivity index (χ3v) is 3.54. The summed E-state index contributed by atoms with van der Waals surface area (Å²) >= 11 is 0. The molecule has 1 aromatic carbocycles. The quantitative estimate of drug-likeness (QED) is 0.843. The highest BCUT2D eigenvalue weighted by molar-refractivity contribution is 5.45. The third-order valence-electron chi connectivity index (χ3n) is 3.54. The van der Waals surface area contributed by atoms with Gasteiger partial charge < -0.3 is 10.1 Å². The minimum atomic E-state index is 0.553. The smallest absolute Gasteiger partial charge is 0.126 e. The lowest BCUT2D eigenvalue weighted by Crippen LogP contribution is -2.27. The second kappa shape index (κ2) is 5.54. The number of benzene rings is 1. The molecule has 1 aromatic rings. The molecule has 1 aliphatic rings. The summed E-state index contributed by atoms with van der Waals surface area (Å²) < 4.78 is 5.77. The predicted molar refractivity (Wildman–Crippen MR) is 71.8 cm³/mol. The first kappa shape index (κ1) is 12.4. The number of ether oxygens (including phenoxy) is 1. The van der Waals surface area contributed by atoms with Crippen LogP contribution in [0.1, 0.15) is 44.2 Å². The fourth-order valence-corrected chi connectivity index (χ4v) is 2.72. The molecule has 2 heteroatoms. The molecule has 0 saturated carbocycles. The van der Waals surface area contributed by atoms with E-state index < -0.39 is 0 Å². The van der Waals surface area contributed by atoms with Crippen LogP contribution < -0.4 is 10.1 Å². The molecule has 0 spiro atoms. The number of nitrogens with one attached hydrogen (secondary N) is 1. The van der Waals surface area contributed by atoms with Crippen LogP contribution in [0.25, 0.3) is 0 Å². The molecule has 2 nitrogen and oxygen atoms in total. The van der Waals surface area contributed by atoms with Gasteiger partial charge in [-0.1, -0.05) is 32.0 Å². The number of fused-ring (bicyclic) bond motifs is 1. The summed E-state index contributed by atoms with van der Waals surface area (Å²) in [6.07, 6.45) is 2.23. The van der Waals surface area contributed by atoms with E-state index in [1.54, 1.807) is 0 Å². The molecule has 0 saturated heterocycles. The molecule has 2 rings (SSSR count). The highest BCUT2D eigenvalue weighted by Crippen LogP contribution is 2.35. The first-order valence-electron chi connectivity index (χ1n) is 6.70. The van der Waals surface area contributed by atoms with Crippen molar-refractivity contribution in [3.63, 3.8) is 0 Å². The first-order chi connectivity index (χ1) is 8.22. The predicted octanol–water partition coefficient (Wildman–Crippen LogP) is 3.11. The lowest BCUT2D eigenvalue weighted by molar-refractivity contribution is 0.349. The molecular weight excluding hydrogens is 210 g/mol. The average molecular weight is 233 g/mol. The second-order valence-electron chi connectivity index (χ2n) is 5.03. The molecule has 1 heterocycles. The minimum absolute atomic E-state index is 0.553. The average Bonchev–Trinajstić information content (AvgIpc) is 2.76. The Bertz CT molecular complexity index is 375. The second-order valence-corrected chi connectivity index (χ2v) is 5.03. The largest absolute Gasteiger partial charge is 0.493 e. The third kappa shape index (κ3) is 2.81. The van der Waals surface area contributed by atoms with Crippen LogP contribution in [-0.2, 0) is 6.42 Å². The van der Waals surface area contributed by atoms with Crippen molar-refractivity contribution in [3.05, 3.63) is 29.3 Å². The summed E-state index contributed by atoms with van der Waals surface area (Å²) in [4.78, 5) is 0. The van der Waals surface area contributed by atoms with E-state index in [1.807, 2.05) is 0 Å². The topological polar surface area (TPSA) is 21.3 Å². The van der Waals surface area contributed by atoms with Crippen molar-refractivity contribution in [3.8, 4) is 5.75 Å². The number of hydrogen-bond acceptors (Lipinski definition) is 2. The monoisotopic (exact) mass is 233 g/mol. The Morgan fingerprint density at radius 3 is 2.94 bits per heavy atom. The van der Waals surface area contributed by atoms with Crippen LogP contribution in [0.2, 0.25) is 0 Å². The van der Waals surface area contributed by atoms with Gasteiger partial charge in [0.2, 0.25) is 0 Å². The van der Waals surface area contributed by atoms with Crippen LogP contribution in [0.5, 0.6) is 5.75 Å². The van der Waals surface area contributed by atoms with Crippen molar-refractivity contribution in [1.82, 2.24) is 5.32 Å². The zero-order valence-electron chi connectivity index (χ0n) is 11.1. The van der Waals surface area contributed by atoms with Crippen molar-refractivity contribution in [2.75, 3.05) is 13.2 Å². The van der Waals surface area contributed by atoms with E-state index in [0.717, 1.165) is 31.7 Å². The molecule has 2 unspecified atom stereocenters. The van der Waals surface area contributed by atoms with E-state index >= 15 is 0 Å². The van der Waals surface area contributed by atoms with E-state index in [0.29, 0.717) is 12.0 Å². The van der Waals surface area contributed by atoms with Crippen LogP contribution in [0.3, 0.4) is 0 Å². The van der Waals surface area contributed by atoms with E-state index in [9.17, 15) is 0 Å². The fraction of sp³-hybridized carbons (Fsp3) is 0.600. The fourth-order valence-electron chi connectivity index (χ4n) is 2.72. The molecule has 0 fully saturated rings. The highest BCUT2D eigenvalue weighted by Gasteiger charge is 2.20. The summed E-state index contributed by atoms with van der Waals surface area (Å²) in [6, 6.07) is 7.13. The number of para-hydroxylation sites is 1. The Balaban J connectivity index is 2.09. The zero-order chi connectivity index (χ0) is 12.3. The highest BCUT2D eigenvalue weighted by atomic mass is 16.5. The Kier molecular flexibility index (Phi) is 4.06. The van der Waals surface area contributed by atoms with Crippen molar-refractivity contribution >= 4 is 0 Å². The lowest BCUT2D eigenvalue weighted by atomic mass is 9.92. The molecule has 0 aliphatic carbocycles. The molecule has 0 bridgehead atoms. The Labute approximate surface area is 104 Å². The van der Waals surface area contributed by atoms with Gasteiger partial charge >= 0.3 is 0 Å². The van der Waals surface area contributed by atoms with Gasteiger partial charge in [0.15, 0.2) is 0 Å². The van der Waals surface area contributed by atoms with Crippen molar-refractivity contribution in [2.45, 2.75) is 45.6 Å². The first-order valence-corrected chi connectivity index (χ1v) is 6.70. The summed E-state index contributed by atoms with van der Waals surface area (Å²) in [5.41, 5.74) is 2.76. The molecule has 17 heavy (non-hydrogen) atoms. The van der Waals surface area contributed by atoms with Gasteiger partial charge in [0.25, 0.3) is 0 Å². The standard InChI is InChI=1S/C15H23NO/c1-4-16-12(3)10-11(2)14-7-5-6-13-8-9-17-15(13)14/h5-7,11-12,16H,4,8-10H2,1-3H3. The van der Waals surface area contributed by atoms with E-state index in [1.165, 1.54) is 11.1 Å². The van der Waals surface area contributed by atoms with Gasteiger partial charge in [-0.3, -0.25) is 0 Å². The van der Waals surface area contributed by atoms with Crippen molar-refractivity contribution in [2.24, 2.45) is 0 Å². The van der Waals surface area contributed by atoms with Gasteiger partial charge in [-0.05, 0) is 36.9 Å². The lowest BCUT2D eigenvalue weighted by Gasteiger charge is -2.20. The van der Waals surface area contributed by atoms with Gasteiger partial charge in [0.05, 0.1) is 6.61 Å². The van der Waals surface area contributed by atoms with Crippen molar-refractivity contribution < 1.29 is 4.74 Å². The van der Waals surface area contributed by atoms with Crippen LogP contribution >= 0.6 is 0 Å². The van der Waals surface area contributed by atoms with Gasteiger partial charge in [-0.2, -0.15) is 0 Å². The maximum atomic E-state index is 5.77. The van der Waals surface area contributed by atoms with E-state index in [4.69, 9.17) is 4.74 Å². The zero-order valence-corrected chi connectivity index (χ0v) is 11.1. The Morgan fingerprint density at radius 1 is 1.35 bits per heavy atom. The van der Waals surface area contributed by atoms with E-state index in [-0.39, 0.29) is 0 Å². The van der Waals surface area contributed by atoms with Gasteiger partial charge in [-0.15, -0.1) is 0 Å². The van der Waals surface area contributed by atoms with Crippen LogP contribution in [0.4, 0.5) is 0 Å². The van der Waals surface area contributed by atoms with E-state index in [2.05, 4.69) is 44.3 Å². The molecule has 0 aromatic heterocycles. The van der Waals surface area contributed by atoms with Crippen LogP contribution in [0.15, 0.2) is 18.2 Å². The minimum Gasteiger partial charge on any atom is -0.493 e. The van der Waals surface area contributed by atoms with Crippen LogP contribution in [-0.4, -0.2) is 19.2 Å². The summed E-state index contributed by atoms with van der Waals surface area (Å²) in [5, 5.41) is 3.47. The van der Waals surface area contributed by atoms with Gasteiger partial charge in [0.1, 0.15) is 5.75 Å². The molecule has 0 amide bonds. The maximum Gasteiger partial charge on any atom is 0.126 e. The molecular formula is C15H23NO. The molecule has 94 valence electrons. The maximum absolute atomic E-state index is 5.77. The number of hydrogen-bond donors (Lipinski definition) is 1. The van der Waals surface area contributed by atoms with Gasteiger partial charge in [0, 0.05) is 12.5 Å². The van der Waals surface area contributed by atoms with Crippen molar-refractivity contribution in [1.29, 1.82) is 0 Å². The SMILES string of the molecule is CCNC(C)CC(C)c1cccc2c1OCC2.